The van der Waals surface area contributed by atoms with Crippen LogP contribution in [0.5, 0.6) is 0 Å². The molecule has 3 heteroatoms. The van der Waals surface area contributed by atoms with Crippen molar-refractivity contribution in [2.45, 2.75) is 32.9 Å². The Bertz CT molecular complexity index is 236. The molecule has 1 heterocycles. The molecule has 1 rings (SSSR count). The molecular formula is C11H19NO2. The zero-order valence-corrected chi connectivity index (χ0v) is 9.17. The van der Waals surface area contributed by atoms with Gasteiger partial charge < -0.3 is 14.5 Å². The molecule has 0 bridgehead atoms. The van der Waals surface area contributed by atoms with E-state index in [1.54, 1.807) is 6.26 Å². The second kappa shape index (κ2) is 5.17. The number of hydrogen-bond donors (Lipinski definition) is 1. The predicted octanol–water partition coefficient (Wildman–Crippen LogP) is 2.18. The molecule has 0 amide bonds. The van der Waals surface area contributed by atoms with Crippen LogP contribution in [0.15, 0.2) is 22.8 Å². The highest BCUT2D eigenvalue weighted by atomic mass is 16.5. The Morgan fingerprint density at radius 2 is 2.21 bits per heavy atom. The standard InChI is InChI=1S/C11H19NO2/c1-11(2,3)12-6-8-13-9-10-5-4-7-14-10/h4-5,7,12H,6,8-9H2,1-3H3. The average Bonchev–Trinajstić information content (AvgIpc) is 2.54. The van der Waals surface area contributed by atoms with E-state index in [0.717, 1.165) is 12.3 Å². The van der Waals surface area contributed by atoms with Gasteiger partial charge in [-0.1, -0.05) is 0 Å². The van der Waals surface area contributed by atoms with Crippen molar-refractivity contribution in [3.63, 3.8) is 0 Å². The molecular weight excluding hydrogens is 178 g/mol. The van der Waals surface area contributed by atoms with Crippen molar-refractivity contribution in [3.8, 4) is 0 Å². The summed E-state index contributed by atoms with van der Waals surface area (Å²) in [6, 6.07) is 3.78. The first-order valence-electron chi connectivity index (χ1n) is 4.93. The van der Waals surface area contributed by atoms with Crippen LogP contribution in [0.1, 0.15) is 26.5 Å². The first-order valence-corrected chi connectivity index (χ1v) is 4.93. The Morgan fingerprint density at radius 3 is 2.79 bits per heavy atom. The van der Waals surface area contributed by atoms with Crippen LogP contribution in [-0.4, -0.2) is 18.7 Å². The molecule has 1 N–H and O–H groups in total. The maximum atomic E-state index is 5.42. The molecule has 0 saturated heterocycles. The molecule has 0 saturated carbocycles. The number of furan rings is 1. The maximum Gasteiger partial charge on any atom is 0.129 e. The number of rotatable bonds is 5. The van der Waals surface area contributed by atoms with Gasteiger partial charge in [0.05, 0.1) is 12.9 Å². The van der Waals surface area contributed by atoms with E-state index in [1.165, 1.54) is 0 Å². The normalized spacial score (nSPS) is 11.9. The van der Waals surface area contributed by atoms with Crippen molar-refractivity contribution in [2.75, 3.05) is 13.2 Å². The topological polar surface area (TPSA) is 34.4 Å². The summed E-state index contributed by atoms with van der Waals surface area (Å²) in [7, 11) is 0. The lowest BCUT2D eigenvalue weighted by atomic mass is 10.1. The molecule has 80 valence electrons. The summed E-state index contributed by atoms with van der Waals surface area (Å²) in [6.07, 6.45) is 1.66. The molecule has 0 atom stereocenters. The Balaban J connectivity index is 2.00. The van der Waals surface area contributed by atoms with Gasteiger partial charge in [-0.3, -0.25) is 0 Å². The van der Waals surface area contributed by atoms with Crippen LogP contribution in [0.25, 0.3) is 0 Å². The van der Waals surface area contributed by atoms with Gasteiger partial charge in [0, 0.05) is 12.1 Å². The summed E-state index contributed by atoms with van der Waals surface area (Å²) in [5.74, 6) is 0.876. The van der Waals surface area contributed by atoms with Gasteiger partial charge in [-0.25, -0.2) is 0 Å². The Hall–Kier alpha value is -0.800. The minimum Gasteiger partial charge on any atom is -0.467 e. The summed E-state index contributed by atoms with van der Waals surface area (Å²) < 4.78 is 10.6. The van der Waals surface area contributed by atoms with Gasteiger partial charge in [0.25, 0.3) is 0 Å². The van der Waals surface area contributed by atoms with Gasteiger partial charge in [-0.05, 0) is 32.9 Å². The first kappa shape index (κ1) is 11.3. The van der Waals surface area contributed by atoms with E-state index in [9.17, 15) is 0 Å². The molecule has 0 aromatic carbocycles. The fourth-order valence-corrected chi connectivity index (χ4v) is 1.07. The van der Waals surface area contributed by atoms with E-state index in [2.05, 4.69) is 26.1 Å². The maximum absolute atomic E-state index is 5.42. The zero-order valence-electron chi connectivity index (χ0n) is 9.17. The van der Waals surface area contributed by atoms with E-state index < -0.39 is 0 Å². The van der Waals surface area contributed by atoms with Crippen LogP contribution < -0.4 is 5.32 Å². The van der Waals surface area contributed by atoms with Gasteiger partial charge in [0.2, 0.25) is 0 Å². The molecule has 14 heavy (non-hydrogen) atoms. The lowest BCUT2D eigenvalue weighted by Crippen LogP contribution is -2.37. The molecule has 1 aromatic rings. The lowest BCUT2D eigenvalue weighted by molar-refractivity contribution is 0.104. The van der Waals surface area contributed by atoms with Crippen LogP contribution in [0.3, 0.4) is 0 Å². The zero-order chi connectivity index (χ0) is 10.4. The fraction of sp³-hybridized carbons (Fsp3) is 0.636. The van der Waals surface area contributed by atoms with Gasteiger partial charge in [-0.15, -0.1) is 0 Å². The first-order chi connectivity index (χ1) is 6.58. The Labute approximate surface area is 85.4 Å². The van der Waals surface area contributed by atoms with Gasteiger partial charge >= 0.3 is 0 Å². The Kier molecular flexibility index (Phi) is 4.17. The highest BCUT2D eigenvalue weighted by molar-refractivity contribution is 4.95. The summed E-state index contributed by atoms with van der Waals surface area (Å²) >= 11 is 0. The lowest BCUT2D eigenvalue weighted by Gasteiger charge is -2.20. The van der Waals surface area contributed by atoms with Crippen molar-refractivity contribution in [2.24, 2.45) is 0 Å². The summed E-state index contributed by atoms with van der Waals surface area (Å²) in [5.41, 5.74) is 0.161. The third kappa shape index (κ3) is 5.04. The largest absolute Gasteiger partial charge is 0.467 e. The molecule has 0 aliphatic heterocycles. The Morgan fingerprint density at radius 1 is 1.43 bits per heavy atom. The smallest absolute Gasteiger partial charge is 0.129 e. The molecule has 0 aliphatic rings. The van der Waals surface area contributed by atoms with Crippen molar-refractivity contribution in [3.05, 3.63) is 24.2 Å². The van der Waals surface area contributed by atoms with Gasteiger partial charge in [0.1, 0.15) is 12.4 Å². The SMILES string of the molecule is CC(C)(C)NCCOCc1ccco1. The van der Waals surface area contributed by atoms with Crippen LogP contribution in [0.2, 0.25) is 0 Å². The van der Waals surface area contributed by atoms with E-state index in [4.69, 9.17) is 9.15 Å². The third-order valence-electron chi connectivity index (χ3n) is 1.73. The summed E-state index contributed by atoms with van der Waals surface area (Å²) in [6.45, 7) is 8.54. The summed E-state index contributed by atoms with van der Waals surface area (Å²) in [5, 5.41) is 3.35. The van der Waals surface area contributed by atoms with Crippen molar-refractivity contribution < 1.29 is 9.15 Å². The predicted molar refractivity (Wildman–Crippen MR) is 56.1 cm³/mol. The minimum atomic E-state index is 0.161. The highest BCUT2D eigenvalue weighted by Gasteiger charge is 2.07. The molecule has 0 fully saturated rings. The average molecular weight is 197 g/mol. The molecule has 0 aliphatic carbocycles. The quantitative estimate of drug-likeness (QED) is 0.735. The molecule has 0 radical (unpaired) electrons. The van der Waals surface area contributed by atoms with Crippen LogP contribution >= 0.6 is 0 Å². The van der Waals surface area contributed by atoms with Crippen LogP contribution in [0.4, 0.5) is 0 Å². The van der Waals surface area contributed by atoms with Gasteiger partial charge in [-0.2, -0.15) is 0 Å². The highest BCUT2D eigenvalue weighted by Crippen LogP contribution is 2.01. The molecule has 3 nitrogen and oxygen atoms in total. The molecule has 1 aromatic heterocycles. The monoisotopic (exact) mass is 197 g/mol. The van der Waals surface area contributed by atoms with Crippen LogP contribution in [-0.2, 0) is 11.3 Å². The van der Waals surface area contributed by atoms with E-state index in [1.807, 2.05) is 12.1 Å². The summed E-state index contributed by atoms with van der Waals surface area (Å²) in [4.78, 5) is 0. The number of nitrogens with one attached hydrogen (secondary N) is 1. The fourth-order valence-electron chi connectivity index (χ4n) is 1.07. The van der Waals surface area contributed by atoms with E-state index in [-0.39, 0.29) is 5.54 Å². The second-order valence-electron chi connectivity index (χ2n) is 4.31. The van der Waals surface area contributed by atoms with E-state index >= 15 is 0 Å². The molecule has 0 spiro atoms. The van der Waals surface area contributed by atoms with Crippen molar-refractivity contribution >= 4 is 0 Å². The van der Waals surface area contributed by atoms with Crippen molar-refractivity contribution in [1.82, 2.24) is 5.32 Å². The number of ether oxygens (including phenoxy) is 1. The second-order valence-corrected chi connectivity index (χ2v) is 4.31. The van der Waals surface area contributed by atoms with E-state index in [0.29, 0.717) is 13.2 Å². The minimum absolute atomic E-state index is 0.161. The third-order valence-corrected chi connectivity index (χ3v) is 1.73. The van der Waals surface area contributed by atoms with Gasteiger partial charge in [0.15, 0.2) is 0 Å². The van der Waals surface area contributed by atoms with Crippen molar-refractivity contribution in [1.29, 1.82) is 0 Å². The molecule has 0 unspecified atom stereocenters. The number of hydrogen-bond acceptors (Lipinski definition) is 3. The van der Waals surface area contributed by atoms with Crippen LogP contribution in [0, 0.1) is 0 Å².